The minimum Gasteiger partial charge on any atom is -0.395 e. The zero-order valence-electron chi connectivity index (χ0n) is 15.7. The molecule has 0 atom stereocenters. The van der Waals surface area contributed by atoms with E-state index in [1.807, 2.05) is 51.5 Å². The maximum Gasteiger partial charge on any atom is 0.257 e. The second-order valence-corrected chi connectivity index (χ2v) is 7.86. The lowest BCUT2D eigenvalue weighted by atomic mass is 10.1. The summed E-state index contributed by atoms with van der Waals surface area (Å²) in [6, 6.07) is 14.1. The Kier molecular flexibility index (Phi) is 5.85. The molecule has 0 saturated carbocycles. The summed E-state index contributed by atoms with van der Waals surface area (Å²) >= 11 is 1.60. The van der Waals surface area contributed by atoms with E-state index in [0.29, 0.717) is 31.7 Å². The molecule has 1 N–H and O–H groups in total. The lowest BCUT2D eigenvalue weighted by molar-refractivity contribution is 0.0615. The minimum atomic E-state index is 0.0337. The average Bonchev–Trinajstić information content (AvgIpc) is 3.39. The van der Waals surface area contributed by atoms with E-state index in [1.165, 1.54) is 0 Å². The highest BCUT2D eigenvalue weighted by atomic mass is 32.1. The molecule has 0 unspecified atom stereocenters. The fourth-order valence-electron chi connectivity index (χ4n) is 3.51. The molecule has 1 amide bonds. The molecular formula is C21H24N4O2S. The monoisotopic (exact) mass is 396 g/mol. The van der Waals surface area contributed by atoms with Crippen molar-refractivity contribution in [3.63, 3.8) is 0 Å². The van der Waals surface area contributed by atoms with Gasteiger partial charge in [-0.25, -0.2) is 0 Å². The molecule has 1 saturated heterocycles. The molecule has 1 aliphatic rings. The van der Waals surface area contributed by atoms with Crippen LogP contribution in [0.1, 0.15) is 15.9 Å². The highest BCUT2D eigenvalue weighted by Gasteiger charge is 2.26. The van der Waals surface area contributed by atoms with E-state index in [0.717, 1.165) is 29.2 Å². The molecule has 3 heterocycles. The third-order valence-electron chi connectivity index (χ3n) is 5.01. The van der Waals surface area contributed by atoms with Gasteiger partial charge in [-0.3, -0.25) is 14.4 Å². The van der Waals surface area contributed by atoms with Crippen LogP contribution in [0, 0.1) is 0 Å². The van der Waals surface area contributed by atoms with Crippen molar-refractivity contribution in [1.29, 1.82) is 0 Å². The first-order chi connectivity index (χ1) is 13.7. The first-order valence-electron chi connectivity index (χ1n) is 9.52. The van der Waals surface area contributed by atoms with Crippen molar-refractivity contribution in [1.82, 2.24) is 19.6 Å². The van der Waals surface area contributed by atoms with Crippen molar-refractivity contribution >= 4 is 17.2 Å². The van der Waals surface area contributed by atoms with Crippen molar-refractivity contribution in [3.05, 3.63) is 65.2 Å². The maximum atomic E-state index is 13.3. The predicted molar refractivity (Wildman–Crippen MR) is 111 cm³/mol. The largest absolute Gasteiger partial charge is 0.395 e. The number of hydrogen-bond donors (Lipinski definition) is 1. The topological polar surface area (TPSA) is 61.6 Å². The van der Waals surface area contributed by atoms with Crippen molar-refractivity contribution in [3.8, 4) is 10.6 Å². The number of rotatable bonds is 6. The van der Waals surface area contributed by atoms with E-state index in [2.05, 4.69) is 17.0 Å². The number of aromatic nitrogens is 2. The Hall–Kier alpha value is -2.48. The van der Waals surface area contributed by atoms with Gasteiger partial charge < -0.3 is 10.0 Å². The number of piperazine rings is 1. The van der Waals surface area contributed by atoms with Gasteiger partial charge in [-0.2, -0.15) is 5.10 Å². The summed E-state index contributed by atoms with van der Waals surface area (Å²) in [6.45, 7) is 4.38. The van der Waals surface area contributed by atoms with Crippen LogP contribution in [-0.2, 0) is 6.54 Å². The second-order valence-electron chi connectivity index (χ2n) is 6.91. The van der Waals surface area contributed by atoms with Crippen LogP contribution < -0.4 is 0 Å². The summed E-state index contributed by atoms with van der Waals surface area (Å²) in [7, 11) is 0. The van der Waals surface area contributed by atoms with Crippen LogP contribution >= 0.6 is 11.3 Å². The summed E-state index contributed by atoms with van der Waals surface area (Å²) in [5, 5.41) is 15.9. The van der Waals surface area contributed by atoms with Crippen molar-refractivity contribution in [2.24, 2.45) is 0 Å². The number of aliphatic hydroxyl groups excluding tert-OH is 1. The highest BCUT2D eigenvalue weighted by Crippen LogP contribution is 2.28. The molecule has 1 fully saturated rings. The average molecular weight is 397 g/mol. The van der Waals surface area contributed by atoms with Crippen LogP contribution in [0.4, 0.5) is 0 Å². The van der Waals surface area contributed by atoms with Gasteiger partial charge in [0.05, 0.1) is 23.6 Å². The summed E-state index contributed by atoms with van der Waals surface area (Å²) in [5.41, 5.74) is 2.57. The number of carbonyl (C=O) groups excluding carboxylic acids is 1. The summed E-state index contributed by atoms with van der Waals surface area (Å²) in [5.74, 6) is 0.0337. The molecule has 0 bridgehead atoms. The third-order valence-corrected chi connectivity index (χ3v) is 5.89. The number of thiophene rings is 1. The van der Waals surface area contributed by atoms with E-state index in [4.69, 9.17) is 10.2 Å². The number of β-amino-alcohol motifs (C(OH)–C–C–N with tert-alkyl or cyclic N) is 1. The Labute approximate surface area is 168 Å². The standard InChI is InChI=1S/C21H24N4O2S/c26-13-12-23-8-10-24(11-9-23)21(27)18-16-25(15-17-5-2-1-3-6-17)22-20(18)19-7-4-14-28-19/h1-7,14,16,26H,8-13,15H2. The Morgan fingerprint density at radius 1 is 1.07 bits per heavy atom. The molecule has 6 nitrogen and oxygen atoms in total. The third kappa shape index (κ3) is 4.16. The number of benzene rings is 1. The van der Waals surface area contributed by atoms with E-state index < -0.39 is 0 Å². The fraction of sp³-hybridized carbons (Fsp3) is 0.333. The van der Waals surface area contributed by atoms with Crippen LogP contribution in [-0.4, -0.2) is 69.9 Å². The van der Waals surface area contributed by atoms with E-state index in [-0.39, 0.29) is 12.5 Å². The van der Waals surface area contributed by atoms with Crippen LogP contribution in [0.15, 0.2) is 54.0 Å². The van der Waals surface area contributed by atoms with Gasteiger partial charge >= 0.3 is 0 Å². The quantitative estimate of drug-likeness (QED) is 0.695. The minimum absolute atomic E-state index is 0.0337. The zero-order valence-corrected chi connectivity index (χ0v) is 16.5. The van der Waals surface area contributed by atoms with Crippen molar-refractivity contribution in [2.45, 2.75) is 6.54 Å². The predicted octanol–water partition coefficient (Wildman–Crippen LogP) is 2.41. The van der Waals surface area contributed by atoms with Crippen LogP contribution in [0.25, 0.3) is 10.6 Å². The SMILES string of the molecule is O=C(c1cn(Cc2ccccc2)nc1-c1cccs1)N1CCN(CCO)CC1. The Morgan fingerprint density at radius 3 is 2.54 bits per heavy atom. The Morgan fingerprint density at radius 2 is 1.86 bits per heavy atom. The first-order valence-corrected chi connectivity index (χ1v) is 10.4. The van der Waals surface area contributed by atoms with Gasteiger partial charge in [0.25, 0.3) is 5.91 Å². The van der Waals surface area contributed by atoms with E-state index >= 15 is 0 Å². The molecule has 28 heavy (non-hydrogen) atoms. The molecule has 7 heteroatoms. The van der Waals surface area contributed by atoms with Gasteiger partial charge in [0, 0.05) is 38.9 Å². The molecule has 0 spiro atoms. The van der Waals surface area contributed by atoms with Crippen LogP contribution in [0.2, 0.25) is 0 Å². The molecule has 2 aromatic heterocycles. The maximum absolute atomic E-state index is 13.3. The molecule has 3 aromatic rings. The van der Waals surface area contributed by atoms with Gasteiger partial charge in [0.15, 0.2) is 0 Å². The number of nitrogens with zero attached hydrogens (tertiary/aromatic N) is 4. The van der Waals surface area contributed by atoms with Gasteiger partial charge in [-0.15, -0.1) is 11.3 Å². The van der Waals surface area contributed by atoms with Crippen LogP contribution in [0.5, 0.6) is 0 Å². The van der Waals surface area contributed by atoms with Gasteiger partial charge in [-0.05, 0) is 17.0 Å². The van der Waals surface area contributed by atoms with Gasteiger partial charge in [0.2, 0.25) is 0 Å². The Bertz CT molecular complexity index is 900. The number of aliphatic hydroxyl groups is 1. The van der Waals surface area contributed by atoms with E-state index in [9.17, 15) is 4.79 Å². The lowest BCUT2D eigenvalue weighted by Crippen LogP contribution is -2.49. The second kappa shape index (κ2) is 8.68. The molecule has 4 rings (SSSR count). The summed E-state index contributed by atoms with van der Waals surface area (Å²) < 4.78 is 1.86. The first kappa shape index (κ1) is 18.9. The van der Waals surface area contributed by atoms with Crippen molar-refractivity contribution in [2.75, 3.05) is 39.3 Å². The van der Waals surface area contributed by atoms with Crippen LogP contribution in [0.3, 0.4) is 0 Å². The van der Waals surface area contributed by atoms with Crippen molar-refractivity contribution < 1.29 is 9.90 Å². The summed E-state index contributed by atoms with van der Waals surface area (Å²) in [6.07, 6.45) is 1.88. The number of carbonyl (C=O) groups is 1. The molecule has 1 aliphatic heterocycles. The smallest absolute Gasteiger partial charge is 0.257 e. The molecular weight excluding hydrogens is 372 g/mol. The molecule has 0 aliphatic carbocycles. The normalized spacial score (nSPS) is 15.1. The molecule has 146 valence electrons. The number of amides is 1. The van der Waals surface area contributed by atoms with Gasteiger partial charge in [-0.1, -0.05) is 36.4 Å². The zero-order chi connectivity index (χ0) is 19.3. The summed E-state index contributed by atoms with van der Waals surface area (Å²) in [4.78, 5) is 18.3. The number of hydrogen-bond acceptors (Lipinski definition) is 5. The molecule has 1 aromatic carbocycles. The van der Waals surface area contributed by atoms with E-state index in [1.54, 1.807) is 11.3 Å². The Balaban J connectivity index is 1.57. The van der Waals surface area contributed by atoms with Gasteiger partial charge in [0.1, 0.15) is 5.69 Å². The fourth-order valence-corrected chi connectivity index (χ4v) is 4.23. The lowest BCUT2D eigenvalue weighted by Gasteiger charge is -2.34. The highest BCUT2D eigenvalue weighted by molar-refractivity contribution is 7.13. The molecule has 0 radical (unpaired) electrons.